The lowest BCUT2D eigenvalue weighted by Gasteiger charge is -2.29. The molecule has 1 aromatic heterocycles. The molecule has 0 fully saturated rings. The third-order valence-electron chi connectivity index (χ3n) is 5.44. The van der Waals surface area contributed by atoms with Gasteiger partial charge in [-0.1, -0.05) is 54.6 Å². The normalized spacial score (nSPS) is 13.7. The van der Waals surface area contributed by atoms with Crippen LogP contribution in [0.2, 0.25) is 0 Å². The molecule has 0 bridgehead atoms. The lowest BCUT2D eigenvalue weighted by Crippen LogP contribution is -2.45. The maximum absolute atomic E-state index is 12.8. The summed E-state index contributed by atoms with van der Waals surface area (Å²) in [7, 11) is 0. The van der Waals surface area contributed by atoms with Crippen LogP contribution in [-0.2, 0) is 33.7 Å². The van der Waals surface area contributed by atoms with Gasteiger partial charge in [-0.15, -0.1) is 0 Å². The van der Waals surface area contributed by atoms with Gasteiger partial charge in [-0.2, -0.15) is 0 Å². The summed E-state index contributed by atoms with van der Waals surface area (Å²) in [6.45, 7) is 0.703. The highest BCUT2D eigenvalue weighted by molar-refractivity contribution is 5.94. The van der Waals surface area contributed by atoms with E-state index in [1.807, 2.05) is 48.5 Å². The molecular formula is C25H24N2O5. The van der Waals surface area contributed by atoms with Crippen LogP contribution in [0.4, 0.5) is 0 Å². The van der Waals surface area contributed by atoms with Gasteiger partial charge in [0.05, 0.1) is 6.26 Å². The molecule has 0 radical (unpaired) electrons. The topological polar surface area (TPSA) is 88.8 Å². The molecule has 0 unspecified atom stereocenters. The Labute approximate surface area is 186 Å². The molecule has 1 aliphatic heterocycles. The Hall–Kier alpha value is -3.87. The van der Waals surface area contributed by atoms with Gasteiger partial charge in [-0.3, -0.25) is 9.59 Å². The van der Waals surface area contributed by atoms with Gasteiger partial charge in [0.25, 0.3) is 11.8 Å². The molecule has 2 amide bonds. The number of carbonyl (C=O) groups is 3. The van der Waals surface area contributed by atoms with Crippen molar-refractivity contribution in [2.24, 2.45) is 0 Å². The summed E-state index contributed by atoms with van der Waals surface area (Å²) >= 11 is 0. The van der Waals surface area contributed by atoms with Crippen LogP contribution in [0.15, 0.2) is 77.4 Å². The van der Waals surface area contributed by atoms with Crippen LogP contribution in [0.5, 0.6) is 0 Å². The van der Waals surface area contributed by atoms with E-state index in [1.54, 1.807) is 11.0 Å². The number of nitrogens with one attached hydrogen (secondary N) is 1. The smallest absolute Gasteiger partial charge is 0.329 e. The Bertz CT molecular complexity index is 1080. The second-order valence-electron chi connectivity index (χ2n) is 7.63. The van der Waals surface area contributed by atoms with E-state index in [9.17, 15) is 14.4 Å². The fraction of sp³-hybridized carbons (Fsp3) is 0.240. The monoisotopic (exact) mass is 432 g/mol. The Kier molecular flexibility index (Phi) is 6.65. The highest BCUT2D eigenvalue weighted by atomic mass is 16.5. The zero-order valence-electron chi connectivity index (χ0n) is 17.5. The first kappa shape index (κ1) is 21.4. The van der Waals surface area contributed by atoms with Gasteiger partial charge in [0.15, 0.2) is 12.4 Å². The van der Waals surface area contributed by atoms with Crippen molar-refractivity contribution in [3.8, 4) is 0 Å². The quantitative estimate of drug-likeness (QED) is 0.580. The molecular weight excluding hydrogens is 408 g/mol. The number of rotatable bonds is 7. The van der Waals surface area contributed by atoms with E-state index in [2.05, 4.69) is 11.4 Å². The third-order valence-corrected chi connectivity index (χ3v) is 5.44. The van der Waals surface area contributed by atoms with Gasteiger partial charge < -0.3 is 19.4 Å². The minimum Gasteiger partial charge on any atom is -0.459 e. The number of amides is 2. The zero-order chi connectivity index (χ0) is 22.3. The standard InChI is InChI=1S/C25H24N2O5/c28-23(27-13-12-19-9-4-5-10-20(19)16-27)17-32-25(30)21(15-18-7-2-1-3-8-18)26-24(29)22-11-6-14-31-22/h1-11,14,21H,12-13,15-17H2,(H,26,29)/t21-/m0/s1. The van der Waals surface area contributed by atoms with Crippen molar-refractivity contribution in [1.29, 1.82) is 0 Å². The number of fused-ring (bicyclic) bond motifs is 1. The summed E-state index contributed by atoms with van der Waals surface area (Å²) < 4.78 is 10.4. The molecule has 7 heteroatoms. The summed E-state index contributed by atoms with van der Waals surface area (Å²) in [6, 6.07) is 19.4. The molecule has 2 aromatic carbocycles. The highest BCUT2D eigenvalue weighted by Gasteiger charge is 2.27. The van der Waals surface area contributed by atoms with E-state index in [-0.39, 0.29) is 24.7 Å². The number of benzene rings is 2. The molecule has 0 aliphatic carbocycles. The molecule has 1 atom stereocenters. The van der Waals surface area contributed by atoms with Gasteiger partial charge in [0.1, 0.15) is 6.04 Å². The first-order valence-electron chi connectivity index (χ1n) is 10.5. The lowest BCUT2D eigenvalue weighted by molar-refractivity contribution is -0.154. The number of ether oxygens (including phenoxy) is 1. The van der Waals surface area contributed by atoms with Crippen LogP contribution in [0.3, 0.4) is 0 Å². The zero-order valence-corrected chi connectivity index (χ0v) is 17.5. The fourth-order valence-electron chi connectivity index (χ4n) is 3.71. The summed E-state index contributed by atoms with van der Waals surface area (Å²) in [6.07, 6.45) is 2.39. The maximum atomic E-state index is 12.8. The SMILES string of the molecule is O=C(N[C@@H](Cc1ccccc1)C(=O)OCC(=O)N1CCc2ccccc2C1)c1ccco1. The number of esters is 1. The summed E-state index contributed by atoms with van der Waals surface area (Å²) in [4.78, 5) is 39.6. The van der Waals surface area contributed by atoms with Gasteiger partial charge in [0, 0.05) is 19.5 Å². The van der Waals surface area contributed by atoms with E-state index in [0.717, 1.165) is 17.5 Å². The maximum Gasteiger partial charge on any atom is 0.329 e. The molecule has 2 heterocycles. The predicted molar refractivity (Wildman–Crippen MR) is 117 cm³/mol. The number of furan rings is 1. The Balaban J connectivity index is 1.38. The van der Waals surface area contributed by atoms with Gasteiger partial charge in [-0.25, -0.2) is 4.79 Å². The van der Waals surface area contributed by atoms with Crippen LogP contribution >= 0.6 is 0 Å². The second kappa shape index (κ2) is 9.96. The van der Waals surface area contributed by atoms with Crippen LogP contribution in [0.25, 0.3) is 0 Å². The van der Waals surface area contributed by atoms with Crippen LogP contribution in [0.1, 0.15) is 27.2 Å². The molecule has 0 saturated heterocycles. The number of carbonyl (C=O) groups excluding carboxylic acids is 3. The van der Waals surface area contributed by atoms with Crippen LogP contribution in [-0.4, -0.2) is 41.9 Å². The van der Waals surface area contributed by atoms with Gasteiger partial charge in [0.2, 0.25) is 0 Å². The summed E-state index contributed by atoms with van der Waals surface area (Å²) in [5, 5.41) is 2.65. The minimum atomic E-state index is -0.954. The van der Waals surface area contributed by atoms with Crippen LogP contribution in [0, 0.1) is 0 Å². The van der Waals surface area contributed by atoms with E-state index >= 15 is 0 Å². The van der Waals surface area contributed by atoms with Gasteiger partial charge >= 0.3 is 5.97 Å². The largest absolute Gasteiger partial charge is 0.459 e. The Morgan fingerprint density at radius 2 is 1.72 bits per heavy atom. The van der Waals surface area contributed by atoms with Crippen molar-refractivity contribution in [2.45, 2.75) is 25.4 Å². The molecule has 32 heavy (non-hydrogen) atoms. The van der Waals surface area contributed by atoms with Crippen molar-refractivity contribution in [3.63, 3.8) is 0 Å². The van der Waals surface area contributed by atoms with Crippen molar-refractivity contribution in [1.82, 2.24) is 10.2 Å². The van der Waals surface area contributed by atoms with Crippen LogP contribution < -0.4 is 5.32 Å². The molecule has 4 rings (SSSR count). The van der Waals surface area contributed by atoms with E-state index < -0.39 is 17.9 Å². The Morgan fingerprint density at radius 3 is 2.47 bits per heavy atom. The Morgan fingerprint density at radius 1 is 0.969 bits per heavy atom. The van der Waals surface area contributed by atoms with E-state index in [1.165, 1.54) is 17.9 Å². The molecule has 0 spiro atoms. The number of hydrogen-bond acceptors (Lipinski definition) is 5. The average Bonchev–Trinajstić information content (AvgIpc) is 3.37. The van der Waals surface area contributed by atoms with E-state index in [0.29, 0.717) is 13.1 Å². The molecule has 164 valence electrons. The van der Waals surface area contributed by atoms with Crippen molar-refractivity contribution >= 4 is 17.8 Å². The average molecular weight is 432 g/mol. The summed E-state index contributed by atoms with van der Waals surface area (Å²) in [5.74, 6) is -1.35. The number of nitrogens with zero attached hydrogens (tertiary/aromatic N) is 1. The second-order valence-corrected chi connectivity index (χ2v) is 7.63. The number of hydrogen-bond donors (Lipinski definition) is 1. The first-order chi connectivity index (χ1) is 15.6. The van der Waals surface area contributed by atoms with Crippen molar-refractivity contribution < 1.29 is 23.5 Å². The highest BCUT2D eigenvalue weighted by Crippen LogP contribution is 2.18. The van der Waals surface area contributed by atoms with Gasteiger partial charge in [-0.05, 0) is 35.2 Å². The molecule has 1 aliphatic rings. The minimum absolute atomic E-state index is 0.0962. The molecule has 0 saturated carbocycles. The first-order valence-corrected chi connectivity index (χ1v) is 10.5. The van der Waals surface area contributed by atoms with E-state index in [4.69, 9.17) is 9.15 Å². The predicted octanol–water partition coefficient (Wildman–Crippen LogP) is 2.75. The van der Waals surface area contributed by atoms with Crippen molar-refractivity contribution in [3.05, 3.63) is 95.4 Å². The lowest BCUT2D eigenvalue weighted by atomic mass is 10.00. The molecule has 7 nitrogen and oxygen atoms in total. The summed E-state index contributed by atoms with van der Waals surface area (Å²) in [5.41, 5.74) is 3.19. The molecule has 3 aromatic rings. The third kappa shape index (κ3) is 5.24. The van der Waals surface area contributed by atoms with Crippen molar-refractivity contribution in [2.75, 3.05) is 13.2 Å². The fourth-order valence-corrected chi connectivity index (χ4v) is 3.71. The molecule has 1 N–H and O–H groups in total.